The summed E-state index contributed by atoms with van der Waals surface area (Å²) in [6, 6.07) is 7.07. The van der Waals surface area contributed by atoms with E-state index in [0.29, 0.717) is 23.0 Å². The first-order valence-corrected chi connectivity index (χ1v) is 7.78. The number of nitrogens with zero attached hydrogens (tertiary/aromatic N) is 1. The van der Waals surface area contributed by atoms with Crippen molar-refractivity contribution in [2.45, 2.75) is 39.3 Å². The Kier molecular flexibility index (Phi) is 5.17. The van der Waals surface area contributed by atoms with Crippen LogP contribution in [0.4, 0.5) is 5.69 Å². The molecule has 1 heterocycles. The molecule has 0 saturated carbocycles. The molecule has 3 nitrogen and oxygen atoms in total. The monoisotopic (exact) mass is 296 g/mol. The molecule has 1 saturated heterocycles. The van der Waals surface area contributed by atoms with Crippen molar-refractivity contribution in [1.82, 2.24) is 5.32 Å². The summed E-state index contributed by atoms with van der Waals surface area (Å²) in [6.07, 6.45) is 1.20. The quantitative estimate of drug-likeness (QED) is 0.919. The number of ether oxygens (including phenoxy) is 1. The molecular formula is C16H25ClN2O. The largest absolute Gasteiger partial charge is 0.495 e. The molecule has 4 heteroatoms. The van der Waals surface area contributed by atoms with Gasteiger partial charge in [0.05, 0.1) is 12.1 Å². The van der Waals surface area contributed by atoms with Crippen molar-refractivity contribution in [3.63, 3.8) is 0 Å². The third-order valence-corrected chi connectivity index (χ3v) is 4.69. The molecule has 112 valence electrons. The molecular weight excluding hydrogens is 272 g/mol. The smallest absolute Gasteiger partial charge is 0.137 e. The van der Waals surface area contributed by atoms with Crippen LogP contribution in [0.3, 0.4) is 0 Å². The minimum absolute atomic E-state index is 0.472. The van der Waals surface area contributed by atoms with Gasteiger partial charge in [-0.3, -0.25) is 0 Å². The van der Waals surface area contributed by atoms with Crippen molar-refractivity contribution in [3.05, 3.63) is 23.2 Å². The van der Waals surface area contributed by atoms with Gasteiger partial charge < -0.3 is 15.0 Å². The van der Waals surface area contributed by atoms with Crippen LogP contribution in [0.1, 0.15) is 27.2 Å². The van der Waals surface area contributed by atoms with Gasteiger partial charge in [-0.1, -0.05) is 31.9 Å². The van der Waals surface area contributed by atoms with Gasteiger partial charge in [-0.2, -0.15) is 0 Å². The Bertz CT molecular complexity index is 452. The summed E-state index contributed by atoms with van der Waals surface area (Å²) in [5.74, 6) is 1.41. The number of piperazine rings is 1. The Balaban J connectivity index is 2.18. The third-order valence-electron chi connectivity index (χ3n) is 4.40. The van der Waals surface area contributed by atoms with Gasteiger partial charge in [0.15, 0.2) is 0 Å². The van der Waals surface area contributed by atoms with Crippen LogP contribution in [0.5, 0.6) is 5.75 Å². The van der Waals surface area contributed by atoms with Crippen LogP contribution < -0.4 is 15.0 Å². The highest BCUT2D eigenvalue weighted by Gasteiger charge is 2.28. The fraction of sp³-hybridized carbons (Fsp3) is 0.625. The van der Waals surface area contributed by atoms with Crippen molar-refractivity contribution >= 4 is 17.3 Å². The average molecular weight is 297 g/mol. The number of halogens is 1. The SMILES string of the molecule is CCC(C)C1CN(c2ccc(OC)c(Cl)c2)C(C)CN1. The minimum Gasteiger partial charge on any atom is -0.495 e. The van der Waals surface area contributed by atoms with Gasteiger partial charge in [0.2, 0.25) is 0 Å². The summed E-state index contributed by atoms with van der Waals surface area (Å²) in [6.45, 7) is 8.85. The second kappa shape index (κ2) is 6.68. The van der Waals surface area contributed by atoms with Gasteiger partial charge in [0.25, 0.3) is 0 Å². The zero-order chi connectivity index (χ0) is 14.7. The fourth-order valence-corrected chi connectivity index (χ4v) is 3.00. The summed E-state index contributed by atoms with van der Waals surface area (Å²) >= 11 is 6.26. The standard InChI is InChI=1S/C16H25ClN2O/c1-5-11(2)15-10-19(12(3)9-18-15)13-6-7-16(20-4)14(17)8-13/h6-8,11-12,15,18H,5,9-10H2,1-4H3. The van der Waals surface area contributed by atoms with E-state index in [-0.39, 0.29) is 0 Å². The number of methoxy groups -OCH3 is 1. The molecule has 1 aliphatic rings. The van der Waals surface area contributed by atoms with Crippen molar-refractivity contribution in [3.8, 4) is 5.75 Å². The number of hydrogen-bond donors (Lipinski definition) is 1. The molecule has 3 unspecified atom stereocenters. The first-order chi connectivity index (χ1) is 9.56. The van der Waals surface area contributed by atoms with Crippen LogP contribution in [0.25, 0.3) is 0 Å². The molecule has 0 radical (unpaired) electrons. The molecule has 1 fully saturated rings. The van der Waals surface area contributed by atoms with E-state index in [9.17, 15) is 0 Å². The van der Waals surface area contributed by atoms with E-state index in [1.807, 2.05) is 12.1 Å². The highest BCUT2D eigenvalue weighted by molar-refractivity contribution is 6.32. The topological polar surface area (TPSA) is 24.5 Å². The van der Waals surface area contributed by atoms with E-state index in [2.05, 4.69) is 37.1 Å². The molecule has 0 amide bonds. The van der Waals surface area contributed by atoms with E-state index in [1.54, 1.807) is 7.11 Å². The van der Waals surface area contributed by atoms with Crippen LogP contribution in [0.2, 0.25) is 5.02 Å². The van der Waals surface area contributed by atoms with E-state index >= 15 is 0 Å². The van der Waals surface area contributed by atoms with Gasteiger partial charge >= 0.3 is 0 Å². The molecule has 3 atom stereocenters. The van der Waals surface area contributed by atoms with E-state index in [1.165, 1.54) is 12.1 Å². The lowest BCUT2D eigenvalue weighted by Gasteiger charge is -2.42. The van der Waals surface area contributed by atoms with E-state index in [4.69, 9.17) is 16.3 Å². The second-order valence-electron chi connectivity index (χ2n) is 5.72. The number of anilines is 1. The lowest BCUT2D eigenvalue weighted by atomic mass is 9.95. The maximum absolute atomic E-state index is 6.26. The minimum atomic E-state index is 0.472. The highest BCUT2D eigenvalue weighted by Crippen LogP contribution is 2.31. The lowest BCUT2D eigenvalue weighted by Crippen LogP contribution is -2.57. The second-order valence-corrected chi connectivity index (χ2v) is 6.13. The van der Waals surface area contributed by atoms with Gasteiger partial charge in [0.1, 0.15) is 5.75 Å². The first-order valence-electron chi connectivity index (χ1n) is 7.40. The Morgan fingerprint density at radius 1 is 1.50 bits per heavy atom. The lowest BCUT2D eigenvalue weighted by molar-refractivity contribution is 0.316. The maximum atomic E-state index is 6.26. The van der Waals surface area contributed by atoms with Crippen molar-refractivity contribution in [2.24, 2.45) is 5.92 Å². The van der Waals surface area contributed by atoms with Gasteiger partial charge in [-0.25, -0.2) is 0 Å². The van der Waals surface area contributed by atoms with Gasteiger partial charge in [0, 0.05) is 30.9 Å². The van der Waals surface area contributed by atoms with Crippen LogP contribution >= 0.6 is 11.6 Å². The number of rotatable bonds is 4. The Morgan fingerprint density at radius 3 is 2.85 bits per heavy atom. The van der Waals surface area contributed by atoms with Crippen LogP contribution in [0.15, 0.2) is 18.2 Å². The summed E-state index contributed by atoms with van der Waals surface area (Å²) in [4.78, 5) is 2.44. The molecule has 0 aromatic heterocycles. The first kappa shape index (κ1) is 15.5. The number of hydrogen-bond acceptors (Lipinski definition) is 3. The van der Waals surface area contributed by atoms with Crippen molar-refractivity contribution in [1.29, 1.82) is 0 Å². The van der Waals surface area contributed by atoms with Crippen molar-refractivity contribution in [2.75, 3.05) is 25.1 Å². The third kappa shape index (κ3) is 3.21. The molecule has 0 aliphatic carbocycles. The van der Waals surface area contributed by atoms with Crippen molar-refractivity contribution < 1.29 is 4.74 Å². The van der Waals surface area contributed by atoms with Crippen LogP contribution in [0, 0.1) is 5.92 Å². The summed E-state index contributed by atoms with van der Waals surface area (Å²) in [5.41, 5.74) is 1.18. The molecule has 1 aromatic rings. The summed E-state index contributed by atoms with van der Waals surface area (Å²) in [7, 11) is 1.65. The Labute approximate surface area is 127 Å². The Morgan fingerprint density at radius 2 is 2.25 bits per heavy atom. The predicted octanol–water partition coefficient (Wildman–Crippen LogP) is 3.56. The average Bonchev–Trinajstić information content (AvgIpc) is 2.46. The van der Waals surface area contributed by atoms with Crippen LogP contribution in [-0.4, -0.2) is 32.3 Å². The zero-order valence-corrected chi connectivity index (χ0v) is 13.6. The number of benzene rings is 1. The fourth-order valence-electron chi connectivity index (χ4n) is 2.75. The normalized spacial score (nSPS) is 24.6. The summed E-state index contributed by atoms with van der Waals surface area (Å²) < 4.78 is 5.23. The van der Waals surface area contributed by atoms with Gasteiger partial charge in [-0.05, 0) is 31.0 Å². The number of nitrogens with one attached hydrogen (secondary N) is 1. The Hall–Kier alpha value is -0.930. The molecule has 1 aromatic carbocycles. The summed E-state index contributed by atoms with van der Waals surface area (Å²) in [5, 5.41) is 4.33. The van der Waals surface area contributed by atoms with E-state index in [0.717, 1.165) is 18.8 Å². The maximum Gasteiger partial charge on any atom is 0.137 e. The molecule has 0 spiro atoms. The van der Waals surface area contributed by atoms with E-state index < -0.39 is 0 Å². The zero-order valence-electron chi connectivity index (χ0n) is 12.8. The predicted molar refractivity (Wildman–Crippen MR) is 86.1 cm³/mol. The molecule has 1 N–H and O–H groups in total. The molecule has 2 rings (SSSR count). The molecule has 20 heavy (non-hydrogen) atoms. The molecule has 1 aliphatic heterocycles. The van der Waals surface area contributed by atoms with Crippen LogP contribution in [-0.2, 0) is 0 Å². The highest BCUT2D eigenvalue weighted by atomic mass is 35.5. The van der Waals surface area contributed by atoms with Gasteiger partial charge in [-0.15, -0.1) is 0 Å². The molecule has 0 bridgehead atoms.